The zero-order chi connectivity index (χ0) is 13.4. The van der Waals surface area contributed by atoms with Crippen molar-refractivity contribution in [2.45, 2.75) is 45.6 Å². The smallest absolute Gasteiger partial charge is 0.238 e. The van der Waals surface area contributed by atoms with E-state index in [1.807, 2.05) is 0 Å². The van der Waals surface area contributed by atoms with Gasteiger partial charge in [0.05, 0.1) is 7.11 Å². The van der Waals surface area contributed by atoms with Gasteiger partial charge >= 0.3 is 0 Å². The molecule has 0 saturated heterocycles. The number of nitrogens with zero attached hydrogens (tertiary/aromatic N) is 2. The van der Waals surface area contributed by atoms with Gasteiger partial charge in [0.25, 0.3) is 0 Å². The van der Waals surface area contributed by atoms with Crippen molar-refractivity contribution in [1.82, 2.24) is 9.97 Å². The highest BCUT2D eigenvalue weighted by atomic mass is 16.5. The van der Waals surface area contributed by atoms with Gasteiger partial charge in [-0.05, 0) is 30.6 Å². The number of hydrogen-bond donors (Lipinski definition) is 1. The summed E-state index contributed by atoms with van der Waals surface area (Å²) in [5, 5.41) is 11.0. The predicted octanol–water partition coefficient (Wildman–Crippen LogP) is 2.52. The predicted molar refractivity (Wildman–Crippen MR) is 69.3 cm³/mol. The molecule has 1 aliphatic carbocycles. The maximum Gasteiger partial charge on any atom is 0.238 e. The van der Waals surface area contributed by atoms with Crippen molar-refractivity contribution >= 4 is 0 Å². The summed E-state index contributed by atoms with van der Waals surface area (Å²) in [5.74, 6) is 0.898. The average molecular weight is 250 g/mol. The van der Waals surface area contributed by atoms with E-state index in [1.165, 1.54) is 0 Å². The number of rotatable bonds is 2. The fourth-order valence-electron chi connectivity index (χ4n) is 3.50. The van der Waals surface area contributed by atoms with Crippen LogP contribution in [0.2, 0.25) is 0 Å². The molecule has 4 heteroatoms. The van der Waals surface area contributed by atoms with E-state index in [9.17, 15) is 5.11 Å². The fraction of sp³-hybridized carbons (Fsp3) is 0.714. The molecule has 0 amide bonds. The van der Waals surface area contributed by atoms with Gasteiger partial charge in [0.1, 0.15) is 11.3 Å². The SMILES string of the molecule is COc1nccnc1C1(O)CC(C)CC(C)(C)C1. The largest absolute Gasteiger partial charge is 0.480 e. The third-order valence-electron chi connectivity index (χ3n) is 3.66. The molecule has 4 nitrogen and oxygen atoms in total. The highest BCUT2D eigenvalue weighted by Crippen LogP contribution is 2.49. The Balaban J connectivity index is 2.41. The molecule has 0 aromatic carbocycles. The van der Waals surface area contributed by atoms with Crippen LogP contribution in [0, 0.1) is 11.3 Å². The lowest BCUT2D eigenvalue weighted by Crippen LogP contribution is -2.40. The van der Waals surface area contributed by atoms with Gasteiger partial charge in [-0.15, -0.1) is 0 Å². The van der Waals surface area contributed by atoms with Crippen LogP contribution < -0.4 is 4.74 Å². The van der Waals surface area contributed by atoms with E-state index in [1.54, 1.807) is 19.5 Å². The van der Waals surface area contributed by atoms with E-state index >= 15 is 0 Å². The topological polar surface area (TPSA) is 55.2 Å². The van der Waals surface area contributed by atoms with Crippen LogP contribution in [0.3, 0.4) is 0 Å². The van der Waals surface area contributed by atoms with Gasteiger partial charge in [0, 0.05) is 12.4 Å². The summed E-state index contributed by atoms with van der Waals surface area (Å²) >= 11 is 0. The molecule has 0 aliphatic heterocycles. The molecule has 1 aliphatic rings. The monoisotopic (exact) mass is 250 g/mol. The molecule has 2 atom stereocenters. The summed E-state index contributed by atoms with van der Waals surface area (Å²) < 4.78 is 5.23. The first kappa shape index (κ1) is 13.3. The molecule has 1 heterocycles. The number of ether oxygens (including phenoxy) is 1. The molecule has 2 rings (SSSR count). The first-order valence-corrected chi connectivity index (χ1v) is 6.44. The summed E-state index contributed by atoms with van der Waals surface area (Å²) in [5.41, 5.74) is -0.248. The molecule has 0 spiro atoms. The van der Waals surface area contributed by atoms with E-state index in [4.69, 9.17) is 4.74 Å². The van der Waals surface area contributed by atoms with Crippen molar-refractivity contribution in [3.05, 3.63) is 18.1 Å². The lowest BCUT2D eigenvalue weighted by molar-refractivity contribution is -0.0682. The van der Waals surface area contributed by atoms with Crippen LogP contribution in [-0.2, 0) is 5.60 Å². The molecule has 0 radical (unpaired) electrons. The average Bonchev–Trinajstić information content (AvgIpc) is 2.25. The quantitative estimate of drug-likeness (QED) is 0.876. The van der Waals surface area contributed by atoms with Crippen molar-refractivity contribution in [3.63, 3.8) is 0 Å². The molecule has 1 aromatic rings. The van der Waals surface area contributed by atoms with Gasteiger partial charge in [0.2, 0.25) is 5.88 Å². The van der Waals surface area contributed by atoms with Gasteiger partial charge in [-0.25, -0.2) is 4.98 Å². The zero-order valence-electron chi connectivity index (χ0n) is 11.6. The van der Waals surface area contributed by atoms with Crippen molar-refractivity contribution in [2.75, 3.05) is 7.11 Å². The van der Waals surface area contributed by atoms with Crippen molar-refractivity contribution in [1.29, 1.82) is 0 Å². The highest BCUT2D eigenvalue weighted by Gasteiger charge is 2.45. The molecule has 2 unspecified atom stereocenters. The van der Waals surface area contributed by atoms with Gasteiger partial charge in [-0.3, -0.25) is 4.98 Å². The van der Waals surface area contributed by atoms with Crippen LogP contribution in [0.25, 0.3) is 0 Å². The molecule has 100 valence electrons. The summed E-state index contributed by atoms with van der Waals surface area (Å²) in [4.78, 5) is 8.45. The van der Waals surface area contributed by atoms with E-state index in [2.05, 4.69) is 30.7 Å². The highest BCUT2D eigenvalue weighted by molar-refractivity contribution is 5.25. The Morgan fingerprint density at radius 3 is 2.56 bits per heavy atom. The van der Waals surface area contributed by atoms with E-state index in [0.717, 1.165) is 6.42 Å². The van der Waals surface area contributed by atoms with Gasteiger partial charge in [-0.2, -0.15) is 0 Å². The minimum atomic E-state index is -0.930. The van der Waals surface area contributed by atoms with Crippen LogP contribution in [0.15, 0.2) is 12.4 Å². The fourth-order valence-corrected chi connectivity index (χ4v) is 3.50. The molecule has 0 bridgehead atoms. The number of aliphatic hydroxyl groups is 1. The van der Waals surface area contributed by atoms with Crippen molar-refractivity contribution < 1.29 is 9.84 Å². The summed E-state index contributed by atoms with van der Waals surface area (Å²) in [6, 6.07) is 0. The normalized spacial score (nSPS) is 31.1. The standard InChI is InChI=1S/C14H22N2O2/c1-10-7-13(2,3)9-14(17,8-10)11-12(18-4)16-6-5-15-11/h5-6,10,17H,7-9H2,1-4H3. The summed E-state index contributed by atoms with van der Waals surface area (Å²) in [6.45, 7) is 6.56. The van der Waals surface area contributed by atoms with Gasteiger partial charge in [-0.1, -0.05) is 20.8 Å². The lowest BCUT2D eigenvalue weighted by atomic mass is 9.65. The minimum absolute atomic E-state index is 0.106. The number of aromatic nitrogens is 2. The van der Waals surface area contributed by atoms with Crippen LogP contribution in [-0.4, -0.2) is 22.2 Å². The molecule has 1 N–H and O–H groups in total. The Labute approximate surface area is 108 Å². The third kappa shape index (κ3) is 2.48. The molecule has 1 fully saturated rings. The Kier molecular flexibility index (Phi) is 3.32. The third-order valence-corrected chi connectivity index (χ3v) is 3.66. The Morgan fingerprint density at radius 1 is 1.28 bits per heavy atom. The van der Waals surface area contributed by atoms with Gasteiger partial charge in [0.15, 0.2) is 0 Å². The summed E-state index contributed by atoms with van der Waals surface area (Å²) in [6.07, 6.45) is 5.73. The lowest BCUT2D eigenvalue weighted by Gasteiger charge is -2.44. The summed E-state index contributed by atoms with van der Waals surface area (Å²) in [7, 11) is 1.56. The molecular weight excluding hydrogens is 228 g/mol. The van der Waals surface area contributed by atoms with Crippen molar-refractivity contribution in [3.8, 4) is 5.88 Å². The first-order chi connectivity index (χ1) is 8.36. The first-order valence-electron chi connectivity index (χ1n) is 6.44. The molecule has 1 aromatic heterocycles. The zero-order valence-corrected chi connectivity index (χ0v) is 11.6. The molecule has 1 saturated carbocycles. The number of hydrogen-bond acceptors (Lipinski definition) is 4. The second kappa shape index (κ2) is 4.50. The molecule has 18 heavy (non-hydrogen) atoms. The van der Waals surface area contributed by atoms with Gasteiger partial charge < -0.3 is 9.84 Å². The van der Waals surface area contributed by atoms with E-state index in [-0.39, 0.29) is 5.41 Å². The second-order valence-corrected chi connectivity index (χ2v) is 6.30. The maximum absolute atomic E-state index is 11.0. The van der Waals surface area contributed by atoms with Crippen LogP contribution in [0.1, 0.15) is 45.7 Å². The van der Waals surface area contributed by atoms with E-state index in [0.29, 0.717) is 30.3 Å². The van der Waals surface area contributed by atoms with Crippen LogP contribution in [0.4, 0.5) is 0 Å². The van der Waals surface area contributed by atoms with E-state index < -0.39 is 5.60 Å². The molecular formula is C14H22N2O2. The second-order valence-electron chi connectivity index (χ2n) is 6.30. The van der Waals surface area contributed by atoms with Crippen molar-refractivity contribution in [2.24, 2.45) is 11.3 Å². The number of methoxy groups -OCH3 is 1. The van der Waals surface area contributed by atoms with Crippen LogP contribution in [0.5, 0.6) is 5.88 Å². The Morgan fingerprint density at radius 2 is 1.94 bits per heavy atom. The minimum Gasteiger partial charge on any atom is -0.480 e. The Hall–Kier alpha value is -1.16. The maximum atomic E-state index is 11.0. The Bertz CT molecular complexity index is 434. The van der Waals surface area contributed by atoms with Crippen LogP contribution >= 0.6 is 0 Å².